The van der Waals surface area contributed by atoms with Gasteiger partial charge in [0.15, 0.2) is 5.70 Å². The van der Waals surface area contributed by atoms with Gasteiger partial charge in [-0.05, 0) is 67.6 Å². The standard InChI is InChI=1S/C23H16BF3N2/c1-15-13-16(2)28-22(15)14-23-20-6-4-3-5-19(20)21(29(23)24(28,26)27)12-9-17-7-10-18(25)11-8-17/h3-8,10-11,13-14H,1-2H3. The lowest BCUT2D eigenvalue weighted by atomic mass is 9.90. The highest BCUT2D eigenvalue weighted by molar-refractivity contribution is 6.59. The van der Waals surface area contributed by atoms with Gasteiger partial charge in [-0.25, -0.2) is 4.39 Å². The van der Waals surface area contributed by atoms with Crippen molar-refractivity contribution in [2.75, 3.05) is 0 Å². The lowest BCUT2D eigenvalue weighted by Gasteiger charge is -2.29. The normalized spacial score (nSPS) is 15.8. The van der Waals surface area contributed by atoms with E-state index < -0.39 is 6.97 Å². The van der Waals surface area contributed by atoms with Crippen molar-refractivity contribution in [1.82, 2.24) is 4.48 Å². The van der Waals surface area contributed by atoms with Crippen LogP contribution in [-0.2, 0) is 0 Å². The van der Waals surface area contributed by atoms with Crippen molar-refractivity contribution >= 4 is 24.5 Å². The summed E-state index contributed by atoms with van der Waals surface area (Å²) < 4.78 is 46.9. The second-order valence-electron chi connectivity index (χ2n) is 7.36. The highest BCUT2D eigenvalue weighted by Gasteiger charge is 2.55. The van der Waals surface area contributed by atoms with Gasteiger partial charge in [-0.2, -0.15) is 0 Å². The molecule has 3 heterocycles. The molecule has 0 unspecified atom stereocenters. The van der Waals surface area contributed by atoms with Crippen LogP contribution in [-0.4, -0.2) is 21.6 Å². The van der Waals surface area contributed by atoms with E-state index in [1.807, 2.05) is 37.3 Å². The van der Waals surface area contributed by atoms with Crippen LogP contribution in [0.4, 0.5) is 13.0 Å². The third kappa shape index (κ3) is 2.51. The highest BCUT2D eigenvalue weighted by Crippen LogP contribution is 2.40. The van der Waals surface area contributed by atoms with Crippen molar-refractivity contribution in [3.8, 4) is 11.8 Å². The molecule has 0 spiro atoms. The molecular formula is C23H16BF3N2. The van der Waals surface area contributed by atoms with Gasteiger partial charge in [0.2, 0.25) is 5.71 Å². The minimum absolute atomic E-state index is 0.262. The van der Waals surface area contributed by atoms with Gasteiger partial charge in [0.05, 0.1) is 11.1 Å². The van der Waals surface area contributed by atoms with Gasteiger partial charge in [0, 0.05) is 23.3 Å². The monoisotopic (exact) mass is 388 g/mol. The molecule has 2 aromatic carbocycles. The van der Waals surface area contributed by atoms with Crippen LogP contribution < -0.4 is 0 Å². The zero-order valence-corrected chi connectivity index (χ0v) is 15.9. The number of hydrogen-bond acceptors (Lipinski definition) is 0. The van der Waals surface area contributed by atoms with E-state index >= 15 is 8.63 Å². The molecule has 1 aromatic heterocycles. The molecule has 2 aliphatic heterocycles. The molecule has 6 heteroatoms. The Balaban J connectivity index is 1.79. The van der Waals surface area contributed by atoms with E-state index in [0.29, 0.717) is 28.2 Å². The van der Waals surface area contributed by atoms with E-state index in [1.165, 1.54) is 24.3 Å². The molecule has 0 N–H and O–H groups in total. The van der Waals surface area contributed by atoms with Crippen molar-refractivity contribution in [2.45, 2.75) is 13.8 Å². The predicted octanol–water partition coefficient (Wildman–Crippen LogP) is 4.85. The molecule has 0 amide bonds. The summed E-state index contributed by atoms with van der Waals surface area (Å²) in [5.74, 6) is 5.49. The summed E-state index contributed by atoms with van der Waals surface area (Å²) in [5.41, 5.74) is 4.56. The van der Waals surface area contributed by atoms with Crippen molar-refractivity contribution in [1.29, 1.82) is 0 Å². The number of halogens is 3. The predicted molar refractivity (Wildman–Crippen MR) is 109 cm³/mol. The second kappa shape index (κ2) is 6.02. The molecule has 142 valence electrons. The summed E-state index contributed by atoms with van der Waals surface area (Å²) in [6.07, 6.45) is 1.81. The number of fused-ring (bicyclic) bond motifs is 4. The Bertz CT molecular complexity index is 1300. The first-order valence-electron chi connectivity index (χ1n) is 9.34. The Morgan fingerprint density at radius 2 is 1.62 bits per heavy atom. The molecule has 2 nitrogen and oxygen atoms in total. The van der Waals surface area contributed by atoms with E-state index in [4.69, 9.17) is 0 Å². The number of benzene rings is 2. The van der Waals surface area contributed by atoms with Gasteiger partial charge < -0.3 is 17.6 Å². The first-order chi connectivity index (χ1) is 13.9. The summed E-state index contributed by atoms with van der Waals surface area (Å²) in [6.45, 7) is -0.570. The third-order valence-corrected chi connectivity index (χ3v) is 5.49. The molecular weight excluding hydrogens is 372 g/mol. The van der Waals surface area contributed by atoms with Crippen molar-refractivity contribution < 1.29 is 17.5 Å². The molecule has 3 aromatic rings. The van der Waals surface area contributed by atoms with Crippen molar-refractivity contribution in [3.05, 3.63) is 94.1 Å². The summed E-state index contributed by atoms with van der Waals surface area (Å²) in [5, 5.41) is 0. The lowest BCUT2D eigenvalue weighted by Crippen LogP contribution is -2.50. The third-order valence-electron chi connectivity index (χ3n) is 5.49. The molecule has 0 saturated heterocycles. The van der Waals surface area contributed by atoms with Crippen molar-refractivity contribution in [2.24, 2.45) is 0 Å². The number of aromatic nitrogens is 1. The van der Waals surface area contributed by atoms with Crippen LogP contribution in [0.5, 0.6) is 0 Å². The number of hydrogen-bond donors (Lipinski definition) is 0. The molecule has 0 atom stereocenters. The fourth-order valence-corrected chi connectivity index (χ4v) is 4.23. The number of rotatable bonds is 0. The average molecular weight is 388 g/mol. The van der Waals surface area contributed by atoms with E-state index in [2.05, 4.69) is 11.8 Å². The zero-order chi connectivity index (χ0) is 20.3. The number of aryl methyl sites for hydroxylation is 2. The zero-order valence-electron chi connectivity index (χ0n) is 15.9. The van der Waals surface area contributed by atoms with E-state index in [-0.39, 0.29) is 11.5 Å². The van der Waals surface area contributed by atoms with Gasteiger partial charge in [0.25, 0.3) is 0 Å². The van der Waals surface area contributed by atoms with E-state index in [1.54, 1.807) is 13.0 Å². The fraction of sp³-hybridized carbons (Fsp3) is 0.0870. The largest absolute Gasteiger partial charge is 0.738 e. The SMILES string of the molecule is Cc1cc(C)n2c1C=C1c3ccccc3C(C#Cc3ccc(F)cc3)=[N+]1[B-]2(F)F. The Hall–Kier alpha value is -3.46. The molecule has 5 rings (SSSR count). The Morgan fingerprint density at radius 1 is 0.931 bits per heavy atom. The van der Waals surface area contributed by atoms with Crippen LogP contribution >= 0.6 is 0 Å². The summed E-state index contributed by atoms with van der Waals surface area (Å²) in [7, 11) is 0. The molecule has 0 fully saturated rings. The van der Waals surface area contributed by atoms with Gasteiger partial charge in [0.1, 0.15) is 5.82 Å². The van der Waals surface area contributed by atoms with Gasteiger partial charge in [-0.15, -0.1) is 0 Å². The lowest BCUT2D eigenvalue weighted by molar-refractivity contribution is -0.316. The quantitative estimate of drug-likeness (QED) is 0.385. The molecule has 29 heavy (non-hydrogen) atoms. The number of nitrogens with zero attached hydrogens (tertiary/aromatic N) is 2. The molecule has 2 aliphatic rings. The summed E-state index contributed by atoms with van der Waals surface area (Å²) >= 11 is 0. The van der Waals surface area contributed by atoms with Crippen LogP contribution in [0.25, 0.3) is 11.8 Å². The molecule has 0 saturated carbocycles. The summed E-state index contributed by atoms with van der Waals surface area (Å²) in [6, 6.07) is 14.8. The Labute approximate surface area is 166 Å². The maximum atomic E-state index is 15.8. The maximum Gasteiger partial charge on any atom is 0.738 e. The molecule has 0 radical (unpaired) electrons. The molecule has 0 aliphatic carbocycles. The molecule has 0 bridgehead atoms. The van der Waals surface area contributed by atoms with Crippen molar-refractivity contribution in [3.63, 3.8) is 0 Å². The van der Waals surface area contributed by atoms with E-state index in [9.17, 15) is 4.39 Å². The maximum absolute atomic E-state index is 15.8. The Morgan fingerprint density at radius 3 is 2.34 bits per heavy atom. The summed E-state index contributed by atoms with van der Waals surface area (Å²) in [4.78, 5) is 0. The smallest absolute Gasteiger partial charge is 0.394 e. The van der Waals surface area contributed by atoms with Gasteiger partial charge in [-0.3, -0.25) is 0 Å². The van der Waals surface area contributed by atoms with Crippen LogP contribution in [0.1, 0.15) is 33.6 Å². The van der Waals surface area contributed by atoms with Crippen LogP contribution in [0, 0.1) is 31.5 Å². The first-order valence-corrected chi connectivity index (χ1v) is 9.34. The fourth-order valence-electron chi connectivity index (χ4n) is 4.23. The van der Waals surface area contributed by atoms with Crippen LogP contribution in [0.3, 0.4) is 0 Å². The topological polar surface area (TPSA) is 7.94 Å². The van der Waals surface area contributed by atoms with Gasteiger partial charge in [-0.1, -0.05) is 18.1 Å². The van der Waals surface area contributed by atoms with E-state index in [0.717, 1.165) is 20.1 Å². The Kier molecular flexibility index (Phi) is 3.66. The average Bonchev–Trinajstić information content (AvgIpc) is 3.17. The first kappa shape index (κ1) is 17.6. The van der Waals surface area contributed by atoms with Crippen LogP contribution in [0.15, 0.2) is 54.6 Å². The minimum atomic E-state index is -4.11. The van der Waals surface area contributed by atoms with Gasteiger partial charge >= 0.3 is 6.97 Å². The minimum Gasteiger partial charge on any atom is -0.394 e. The highest BCUT2D eigenvalue weighted by atomic mass is 19.2. The van der Waals surface area contributed by atoms with Crippen LogP contribution in [0.2, 0.25) is 0 Å². The second-order valence-corrected chi connectivity index (χ2v) is 7.36.